The summed E-state index contributed by atoms with van der Waals surface area (Å²) in [6, 6.07) is 1.76. The lowest BCUT2D eigenvalue weighted by molar-refractivity contribution is -0.166. The minimum Gasteiger partial charge on any atom is -0.481 e. The molecule has 1 aromatic rings. The topological polar surface area (TPSA) is 117 Å². The van der Waals surface area contributed by atoms with Gasteiger partial charge in [0.1, 0.15) is 0 Å². The number of aliphatic carboxylic acids is 2. The monoisotopic (exact) mass is 283 g/mol. The molecule has 3 N–H and O–H groups in total. The molecule has 1 rings (SSSR count). The Bertz CT molecular complexity index is 516. The van der Waals surface area contributed by atoms with Gasteiger partial charge in [-0.05, 0) is 31.4 Å². The fraction of sp³-hybridized carbons (Fsp3) is 0.462. The SMILES string of the molecule is COc1ncc(C)cc1CCC(O)(CC(=O)O)C(=O)O. The summed E-state index contributed by atoms with van der Waals surface area (Å²) in [7, 11) is 1.43. The molecular formula is C13H17NO6. The maximum atomic E-state index is 11.0. The third kappa shape index (κ3) is 3.92. The van der Waals surface area contributed by atoms with Crippen molar-refractivity contribution in [3.05, 3.63) is 23.4 Å². The van der Waals surface area contributed by atoms with Crippen LogP contribution in [0.15, 0.2) is 12.3 Å². The van der Waals surface area contributed by atoms with Crippen molar-refractivity contribution in [1.82, 2.24) is 4.98 Å². The summed E-state index contributed by atoms with van der Waals surface area (Å²) >= 11 is 0. The first-order chi connectivity index (χ1) is 9.28. The van der Waals surface area contributed by atoms with E-state index in [4.69, 9.17) is 14.9 Å². The van der Waals surface area contributed by atoms with Crippen molar-refractivity contribution in [2.24, 2.45) is 0 Å². The van der Waals surface area contributed by atoms with Crippen LogP contribution in [0.3, 0.4) is 0 Å². The van der Waals surface area contributed by atoms with Gasteiger partial charge in [-0.3, -0.25) is 4.79 Å². The number of carbonyl (C=O) groups is 2. The number of carboxylic acid groups (broad SMARTS) is 2. The van der Waals surface area contributed by atoms with Crippen LogP contribution in [0.1, 0.15) is 24.0 Å². The molecule has 0 bridgehead atoms. The van der Waals surface area contributed by atoms with Gasteiger partial charge in [0.15, 0.2) is 5.60 Å². The van der Waals surface area contributed by atoms with E-state index in [-0.39, 0.29) is 12.8 Å². The second kappa shape index (κ2) is 6.33. The van der Waals surface area contributed by atoms with E-state index in [0.717, 1.165) is 5.56 Å². The van der Waals surface area contributed by atoms with Gasteiger partial charge in [0.2, 0.25) is 5.88 Å². The first-order valence-corrected chi connectivity index (χ1v) is 5.95. The van der Waals surface area contributed by atoms with Crippen LogP contribution in [0.2, 0.25) is 0 Å². The van der Waals surface area contributed by atoms with E-state index in [9.17, 15) is 14.7 Å². The summed E-state index contributed by atoms with van der Waals surface area (Å²) in [5, 5.41) is 27.6. The van der Waals surface area contributed by atoms with Crippen LogP contribution in [-0.4, -0.2) is 45.0 Å². The number of methoxy groups -OCH3 is 1. The number of aromatic nitrogens is 1. The lowest BCUT2D eigenvalue weighted by atomic mass is 9.92. The minimum atomic E-state index is -2.30. The third-order valence-electron chi connectivity index (χ3n) is 2.91. The van der Waals surface area contributed by atoms with E-state index < -0.39 is 24.0 Å². The van der Waals surface area contributed by atoms with Gasteiger partial charge in [-0.15, -0.1) is 0 Å². The van der Waals surface area contributed by atoms with Gasteiger partial charge in [-0.1, -0.05) is 0 Å². The molecule has 1 heterocycles. The Morgan fingerprint density at radius 1 is 1.40 bits per heavy atom. The zero-order valence-corrected chi connectivity index (χ0v) is 11.3. The van der Waals surface area contributed by atoms with Gasteiger partial charge in [-0.25, -0.2) is 9.78 Å². The van der Waals surface area contributed by atoms with Crippen molar-refractivity contribution in [1.29, 1.82) is 0 Å². The van der Waals surface area contributed by atoms with Gasteiger partial charge >= 0.3 is 11.9 Å². The van der Waals surface area contributed by atoms with Crippen molar-refractivity contribution < 1.29 is 29.6 Å². The number of aliphatic hydroxyl groups is 1. The number of pyridine rings is 1. The second-order valence-corrected chi connectivity index (χ2v) is 4.59. The molecule has 0 aromatic carbocycles. The third-order valence-corrected chi connectivity index (χ3v) is 2.91. The molecule has 0 spiro atoms. The highest BCUT2D eigenvalue weighted by molar-refractivity contribution is 5.83. The van der Waals surface area contributed by atoms with Gasteiger partial charge in [0, 0.05) is 11.8 Å². The Labute approximate surface area is 115 Å². The molecule has 20 heavy (non-hydrogen) atoms. The smallest absolute Gasteiger partial charge is 0.336 e. The summed E-state index contributed by atoms with van der Waals surface area (Å²) in [5.41, 5.74) is -0.823. The summed E-state index contributed by atoms with van der Waals surface area (Å²) in [6.07, 6.45) is 0.650. The molecule has 0 fully saturated rings. The first kappa shape index (κ1) is 15.9. The van der Waals surface area contributed by atoms with Crippen molar-refractivity contribution in [2.75, 3.05) is 7.11 Å². The molecule has 0 aliphatic carbocycles. The highest BCUT2D eigenvalue weighted by Gasteiger charge is 2.38. The van der Waals surface area contributed by atoms with Gasteiger partial charge in [0.05, 0.1) is 13.5 Å². The summed E-state index contributed by atoms with van der Waals surface area (Å²) in [4.78, 5) is 25.7. The number of rotatable bonds is 7. The van der Waals surface area contributed by atoms with Crippen LogP contribution in [0.25, 0.3) is 0 Å². The van der Waals surface area contributed by atoms with Crippen molar-refractivity contribution in [3.63, 3.8) is 0 Å². The maximum Gasteiger partial charge on any atom is 0.336 e. The molecule has 0 aliphatic heterocycles. The molecule has 7 nitrogen and oxygen atoms in total. The average Bonchev–Trinajstić information content (AvgIpc) is 2.35. The van der Waals surface area contributed by atoms with E-state index in [1.165, 1.54) is 7.11 Å². The molecule has 0 saturated carbocycles. The predicted molar refractivity (Wildman–Crippen MR) is 68.7 cm³/mol. The molecule has 0 amide bonds. The Kier molecular flexibility index (Phi) is 5.04. The Morgan fingerprint density at radius 3 is 2.55 bits per heavy atom. The molecule has 1 atom stereocenters. The molecule has 0 saturated heterocycles. The fourth-order valence-corrected chi connectivity index (χ4v) is 1.84. The average molecular weight is 283 g/mol. The number of hydrogen-bond donors (Lipinski definition) is 3. The zero-order valence-electron chi connectivity index (χ0n) is 11.3. The van der Waals surface area contributed by atoms with E-state index in [2.05, 4.69) is 4.98 Å². The normalized spacial score (nSPS) is 13.6. The Morgan fingerprint density at radius 2 is 2.05 bits per heavy atom. The maximum absolute atomic E-state index is 11.0. The molecular weight excluding hydrogens is 266 g/mol. The van der Waals surface area contributed by atoms with Crippen molar-refractivity contribution in [2.45, 2.75) is 31.8 Å². The van der Waals surface area contributed by atoms with E-state index in [1.54, 1.807) is 12.3 Å². The molecule has 1 unspecified atom stereocenters. The number of ether oxygens (including phenoxy) is 1. The highest BCUT2D eigenvalue weighted by atomic mass is 16.5. The Hall–Kier alpha value is -2.15. The van der Waals surface area contributed by atoms with Gasteiger partial charge in [-0.2, -0.15) is 0 Å². The molecule has 0 radical (unpaired) electrons. The standard InChI is InChI=1S/C13H17NO6/c1-8-5-9(11(20-2)14-7-8)3-4-13(19,12(17)18)6-10(15)16/h5,7,19H,3-4,6H2,1-2H3,(H,15,16)(H,17,18). The quantitative estimate of drug-likeness (QED) is 0.671. The lowest BCUT2D eigenvalue weighted by Gasteiger charge is -2.21. The Balaban J connectivity index is 2.90. The van der Waals surface area contributed by atoms with Crippen molar-refractivity contribution in [3.8, 4) is 5.88 Å². The van der Waals surface area contributed by atoms with Crippen molar-refractivity contribution >= 4 is 11.9 Å². The van der Waals surface area contributed by atoms with E-state index in [1.807, 2.05) is 6.92 Å². The molecule has 0 aliphatic rings. The number of aryl methyl sites for hydroxylation is 2. The van der Waals surface area contributed by atoms with Crippen LogP contribution in [0.4, 0.5) is 0 Å². The van der Waals surface area contributed by atoms with E-state index in [0.29, 0.717) is 11.4 Å². The van der Waals surface area contributed by atoms with Crippen LogP contribution in [0.5, 0.6) is 5.88 Å². The molecule has 7 heteroatoms. The largest absolute Gasteiger partial charge is 0.481 e. The number of carboxylic acids is 2. The molecule has 110 valence electrons. The highest BCUT2D eigenvalue weighted by Crippen LogP contribution is 2.23. The van der Waals surface area contributed by atoms with Gasteiger partial charge < -0.3 is 20.1 Å². The number of hydrogen-bond acceptors (Lipinski definition) is 5. The predicted octanol–water partition coefficient (Wildman–Crippen LogP) is 0.622. The van der Waals surface area contributed by atoms with E-state index >= 15 is 0 Å². The summed E-state index contributed by atoms with van der Waals surface area (Å²) in [6.45, 7) is 1.82. The fourth-order valence-electron chi connectivity index (χ4n) is 1.84. The van der Waals surface area contributed by atoms with Crippen LogP contribution < -0.4 is 4.74 Å². The number of nitrogens with zero attached hydrogens (tertiary/aromatic N) is 1. The first-order valence-electron chi connectivity index (χ1n) is 5.95. The lowest BCUT2D eigenvalue weighted by Crippen LogP contribution is -2.41. The van der Waals surface area contributed by atoms with Crippen LogP contribution in [-0.2, 0) is 16.0 Å². The second-order valence-electron chi connectivity index (χ2n) is 4.59. The zero-order chi connectivity index (χ0) is 15.3. The van der Waals surface area contributed by atoms with Crippen LogP contribution in [0, 0.1) is 6.92 Å². The summed E-state index contributed by atoms with van der Waals surface area (Å²) in [5.74, 6) is -2.60. The molecule has 1 aromatic heterocycles. The summed E-state index contributed by atoms with van der Waals surface area (Å²) < 4.78 is 5.05. The van der Waals surface area contributed by atoms with Gasteiger partial charge in [0.25, 0.3) is 0 Å². The van der Waals surface area contributed by atoms with Crippen LogP contribution >= 0.6 is 0 Å². The minimum absolute atomic E-state index is 0.147.